The van der Waals surface area contributed by atoms with Crippen molar-refractivity contribution in [1.82, 2.24) is 15.1 Å². The number of nitrogens with zero attached hydrogens (tertiary/aromatic N) is 4. The van der Waals surface area contributed by atoms with E-state index in [1.54, 1.807) is 16.7 Å². The lowest BCUT2D eigenvalue weighted by Crippen LogP contribution is -2.59. The average Bonchev–Trinajstić information content (AvgIpc) is 3.42. The maximum atomic E-state index is 14.7. The van der Waals surface area contributed by atoms with Crippen molar-refractivity contribution >= 4 is 46.9 Å². The molecule has 0 bridgehead atoms. The van der Waals surface area contributed by atoms with Crippen LogP contribution in [-0.4, -0.2) is 102 Å². The first-order valence-electron chi connectivity index (χ1n) is 14.3. The zero-order chi connectivity index (χ0) is 31.6. The molecule has 1 atom stereocenters. The summed E-state index contributed by atoms with van der Waals surface area (Å²) >= 11 is 6.44. The molecule has 1 unspecified atom stereocenters. The van der Waals surface area contributed by atoms with Crippen molar-refractivity contribution in [3.63, 3.8) is 0 Å². The van der Waals surface area contributed by atoms with Gasteiger partial charge in [0.25, 0.3) is 17.7 Å². The summed E-state index contributed by atoms with van der Waals surface area (Å²) < 4.78 is 34.1. The Morgan fingerprint density at radius 3 is 2.41 bits per heavy atom. The third kappa shape index (κ3) is 6.17. The molecule has 3 amide bonds. The second kappa shape index (κ2) is 12.6. The van der Waals surface area contributed by atoms with E-state index >= 15 is 0 Å². The Balaban J connectivity index is 1.21. The van der Waals surface area contributed by atoms with Gasteiger partial charge in [-0.05, 0) is 70.1 Å². The molecule has 5 rings (SSSR count). The number of carbonyl (C=O) groups is 3. The summed E-state index contributed by atoms with van der Waals surface area (Å²) in [4.78, 5) is 50.8. The Bertz CT molecular complexity index is 1540. The van der Waals surface area contributed by atoms with Crippen molar-refractivity contribution in [1.29, 1.82) is 0 Å². The number of ether oxygens (including phenoxy) is 1. The van der Waals surface area contributed by atoms with Gasteiger partial charge in [-0.25, -0.2) is 9.38 Å². The minimum absolute atomic E-state index is 0.00669. The Morgan fingerprint density at radius 1 is 1.07 bits per heavy atom. The number of amides is 3. The maximum absolute atomic E-state index is 14.7. The molecule has 0 aliphatic carbocycles. The van der Waals surface area contributed by atoms with E-state index in [4.69, 9.17) is 16.3 Å². The van der Waals surface area contributed by atoms with Gasteiger partial charge in [-0.1, -0.05) is 11.6 Å². The van der Waals surface area contributed by atoms with E-state index < -0.39 is 28.8 Å². The molecule has 3 aliphatic heterocycles. The van der Waals surface area contributed by atoms with E-state index in [1.807, 2.05) is 0 Å². The fraction of sp³-hybridized carbons (Fsp3) is 0.433. The first-order chi connectivity index (χ1) is 21.0. The maximum Gasteiger partial charge on any atom is 0.274 e. The number of piperidine rings is 1. The number of aliphatic imine (C=N–C) groups is 2. The van der Waals surface area contributed by atoms with Crippen LogP contribution >= 0.6 is 11.6 Å². The van der Waals surface area contributed by atoms with Crippen LogP contribution in [0.25, 0.3) is 0 Å². The number of nitrogens with one attached hydrogen (secondary N) is 2. The molecule has 44 heavy (non-hydrogen) atoms. The lowest BCUT2D eigenvalue weighted by atomic mass is 9.90. The van der Waals surface area contributed by atoms with Crippen LogP contribution in [0.1, 0.15) is 42.6 Å². The number of carbonyl (C=O) groups excluding carboxylic acids is 3. The quantitative estimate of drug-likeness (QED) is 0.431. The molecular formula is C30H33ClF2N6O5. The summed E-state index contributed by atoms with van der Waals surface area (Å²) in [6.45, 7) is 5.52. The van der Waals surface area contributed by atoms with Crippen molar-refractivity contribution in [3.05, 3.63) is 58.1 Å². The van der Waals surface area contributed by atoms with Gasteiger partial charge in [0.1, 0.15) is 5.60 Å². The van der Waals surface area contributed by atoms with E-state index in [9.17, 15) is 28.3 Å². The minimum Gasteiger partial charge on any atom is -0.491 e. The summed E-state index contributed by atoms with van der Waals surface area (Å²) in [5.41, 5.74) is -2.70. The Hall–Kier alpha value is -3.94. The zero-order valence-electron chi connectivity index (χ0n) is 24.3. The van der Waals surface area contributed by atoms with E-state index in [0.717, 1.165) is 0 Å². The van der Waals surface area contributed by atoms with Crippen LogP contribution in [-0.2, 0) is 9.59 Å². The minimum atomic E-state index is -1.66. The lowest BCUT2D eigenvalue weighted by molar-refractivity contribution is -0.155. The fourth-order valence-electron chi connectivity index (χ4n) is 5.36. The molecule has 3 aliphatic rings. The van der Waals surface area contributed by atoms with Crippen LogP contribution < -0.4 is 15.4 Å². The summed E-state index contributed by atoms with van der Waals surface area (Å²) in [7, 11) is 0. The molecule has 0 aromatic heterocycles. The van der Waals surface area contributed by atoms with E-state index in [0.29, 0.717) is 39.0 Å². The SMILES string of the molecule is CCOc1ccc(C2=NC(C)(C(=O)Nc3ccc(C(=O)N4CCN(C(=O)C5(O)CCNCC5)CC4)c(Cl)c3)N=C2)c(F)c1F. The number of piperazine rings is 1. The van der Waals surface area contributed by atoms with Gasteiger partial charge < -0.3 is 30.3 Å². The Labute approximate surface area is 257 Å². The molecule has 2 saturated heterocycles. The Kier molecular flexibility index (Phi) is 9.00. The predicted molar refractivity (Wildman–Crippen MR) is 161 cm³/mol. The third-order valence-electron chi connectivity index (χ3n) is 7.97. The van der Waals surface area contributed by atoms with Crippen molar-refractivity contribution < 1.29 is 33.0 Å². The molecule has 3 N–H and O–H groups in total. The molecule has 11 nitrogen and oxygen atoms in total. The van der Waals surface area contributed by atoms with Gasteiger partial charge in [0.15, 0.2) is 11.6 Å². The van der Waals surface area contributed by atoms with E-state index in [2.05, 4.69) is 20.6 Å². The van der Waals surface area contributed by atoms with Crippen molar-refractivity contribution in [3.8, 4) is 5.75 Å². The van der Waals surface area contributed by atoms with Crippen molar-refractivity contribution in [2.75, 3.05) is 51.2 Å². The van der Waals surface area contributed by atoms with Gasteiger partial charge in [-0.15, -0.1) is 0 Å². The number of hydrogen-bond acceptors (Lipinski definition) is 8. The Morgan fingerprint density at radius 2 is 1.75 bits per heavy atom. The number of aliphatic hydroxyl groups is 1. The predicted octanol–water partition coefficient (Wildman–Crippen LogP) is 2.64. The summed E-state index contributed by atoms with van der Waals surface area (Å²) in [6, 6.07) is 7.02. The molecule has 0 spiro atoms. The highest BCUT2D eigenvalue weighted by Gasteiger charge is 2.41. The van der Waals surface area contributed by atoms with Crippen LogP contribution in [0.3, 0.4) is 0 Å². The number of rotatable bonds is 7. The van der Waals surface area contributed by atoms with E-state index in [-0.39, 0.29) is 64.8 Å². The topological polar surface area (TPSA) is 136 Å². The first kappa shape index (κ1) is 31.5. The van der Waals surface area contributed by atoms with Gasteiger partial charge in [0, 0.05) is 37.4 Å². The summed E-state index contributed by atoms with van der Waals surface area (Å²) in [6.07, 6.45) is 1.90. The standard InChI is InChI=1S/C30H33ClF2N6O5/c1-3-44-23-7-6-20(24(32)25(23)33)22-17-35-29(2,37-22)27(41)36-18-4-5-19(21(31)16-18)26(40)38-12-14-39(15-13-38)28(42)30(43)8-10-34-11-9-30/h4-7,16-17,34,43H,3,8-15H2,1-2H3,(H,36,41). The second-order valence-electron chi connectivity index (χ2n) is 11.0. The molecule has 3 heterocycles. The molecular weight excluding hydrogens is 598 g/mol. The fourth-order valence-corrected chi connectivity index (χ4v) is 5.62. The normalized spacial score (nSPS) is 21.2. The number of benzene rings is 2. The average molecular weight is 631 g/mol. The molecule has 234 valence electrons. The molecule has 0 saturated carbocycles. The van der Waals surface area contributed by atoms with Gasteiger partial charge in [-0.3, -0.25) is 19.4 Å². The van der Waals surface area contributed by atoms with Gasteiger partial charge in [0.2, 0.25) is 11.5 Å². The second-order valence-corrected chi connectivity index (χ2v) is 11.4. The highest BCUT2D eigenvalue weighted by Crippen LogP contribution is 2.29. The van der Waals surface area contributed by atoms with E-state index in [1.165, 1.54) is 43.5 Å². The van der Waals surface area contributed by atoms with Crippen LogP contribution in [0.4, 0.5) is 14.5 Å². The van der Waals surface area contributed by atoms with Crippen LogP contribution in [0.15, 0.2) is 40.3 Å². The lowest BCUT2D eigenvalue weighted by Gasteiger charge is -2.40. The summed E-state index contributed by atoms with van der Waals surface area (Å²) in [5, 5.41) is 16.7. The van der Waals surface area contributed by atoms with Crippen LogP contribution in [0.2, 0.25) is 5.02 Å². The van der Waals surface area contributed by atoms with Crippen molar-refractivity contribution in [2.24, 2.45) is 9.98 Å². The summed E-state index contributed by atoms with van der Waals surface area (Å²) in [5.74, 6) is -3.83. The van der Waals surface area contributed by atoms with Crippen LogP contribution in [0, 0.1) is 11.6 Å². The first-order valence-corrected chi connectivity index (χ1v) is 14.7. The highest BCUT2D eigenvalue weighted by molar-refractivity contribution is 6.40. The third-order valence-corrected chi connectivity index (χ3v) is 8.28. The molecule has 14 heteroatoms. The largest absolute Gasteiger partial charge is 0.491 e. The molecule has 2 aromatic rings. The van der Waals surface area contributed by atoms with Gasteiger partial charge in [0.05, 0.1) is 29.1 Å². The molecule has 2 aromatic carbocycles. The number of halogens is 3. The van der Waals surface area contributed by atoms with Gasteiger partial charge >= 0.3 is 0 Å². The van der Waals surface area contributed by atoms with Crippen molar-refractivity contribution in [2.45, 2.75) is 38.0 Å². The smallest absolute Gasteiger partial charge is 0.274 e. The monoisotopic (exact) mass is 630 g/mol. The zero-order valence-corrected chi connectivity index (χ0v) is 25.1. The number of hydrogen-bond donors (Lipinski definition) is 3. The molecule has 0 radical (unpaired) electrons. The van der Waals surface area contributed by atoms with Gasteiger partial charge in [-0.2, -0.15) is 4.39 Å². The molecule has 2 fully saturated rings. The highest BCUT2D eigenvalue weighted by atomic mass is 35.5. The number of anilines is 1. The van der Waals surface area contributed by atoms with Crippen LogP contribution in [0.5, 0.6) is 5.75 Å².